The van der Waals surface area contributed by atoms with Crippen molar-refractivity contribution in [2.75, 3.05) is 6.54 Å². The molecule has 102 valence electrons. The Hall–Kier alpha value is -1.06. The van der Waals surface area contributed by atoms with Crippen LogP contribution >= 0.6 is 15.9 Å². The van der Waals surface area contributed by atoms with E-state index in [0.717, 1.165) is 22.5 Å². The third-order valence-electron chi connectivity index (χ3n) is 3.20. The van der Waals surface area contributed by atoms with Crippen molar-refractivity contribution in [3.05, 3.63) is 56.9 Å². The van der Waals surface area contributed by atoms with Crippen molar-refractivity contribution < 1.29 is 4.42 Å². The smallest absolute Gasteiger partial charge is 0.106 e. The van der Waals surface area contributed by atoms with Crippen molar-refractivity contribution in [1.82, 2.24) is 5.32 Å². The molecule has 1 N–H and O–H groups in total. The van der Waals surface area contributed by atoms with E-state index >= 15 is 0 Å². The average molecular weight is 322 g/mol. The lowest BCUT2D eigenvalue weighted by Gasteiger charge is -2.19. The molecule has 2 aromatic rings. The van der Waals surface area contributed by atoms with E-state index in [-0.39, 0.29) is 6.04 Å². The summed E-state index contributed by atoms with van der Waals surface area (Å²) in [5.41, 5.74) is 3.74. The summed E-state index contributed by atoms with van der Waals surface area (Å²) in [7, 11) is 0. The standard InChI is InChI=1S/C16H20BrNO/c1-5-18-16(15-8-11(3)19-12(15)4)13-6-10(2)7-14(17)9-13/h6-9,16,18H,5H2,1-4H3. The molecule has 1 aromatic carbocycles. The summed E-state index contributed by atoms with van der Waals surface area (Å²) in [5, 5.41) is 3.54. The highest BCUT2D eigenvalue weighted by Gasteiger charge is 2.18. The Balaban J connectivity index is 2.47. The molecule has 0 aliphatic rings. The van der Waals surface area contributed by atoms with Crippen LogP contribution in [0, 0.1) is 20.8 Å². The van der Waals surface area contributed by atoms with E-state index in [2.05, 4.69) is 59.4 Å². The van der Waals surface area contributed by atoms with Crippen LogP contribution in [0.25, 0.3) is 0 Å². The second-order valence-corrected chi connectivity index (χ2v) is 5.84. The number of aryl methyl sites for hydroxylation is 3. The summed E-state index contributed by atoms with van der Waals surface area (Å²) in [6.07, 6.45) is 0. The molecule has 19 heavy (non-hydrogen) atoms. The molecule has 0 radical (unpaired) electrons. The zero-order valence-corrected chi connectivity index (χ0v) is 13.5. The van der Waals surface area contributed by atoms with Gasteiger partial charge in [0.2, 0.25) is 0 Å². The Kier molecular flexibility index (Phi) is 4.48. The van der Waals surface area contributed by atoms with Crippen LogP contribution in [0.15, 0.2) is 33.2 Å². The van der Waals surface area contributed by atoms with E-state index in [1.54, 1.807) is 0 Å². The van der Waals surface area contributed by atoms with Crippen LogP contribution in [0.4, 0.5) is 0 Å². The van der Waals surface area contributed by atoms with Crippen LogP contribution in [-0.4, -0.2) is 6.54 Å². The fourth-order valence-electron chi connectivity index (χ4n) is 2.48. The van der Waals surface area contributed by atoms with Gasteiger partial charge in [-0.05, 0) is 56.6 Å². The van der Waals surface area contributed by atoms with Crippen LogP contribution in [0.5, 0.6) is 0 Å². The predicted octanol–water partition coefficient (Wildman–Crippen LogP) is 4.67. The number of hydrogen-bond acceptors (Lipinski definition) is 2. The van der Waals surface area contributed by atoms with Gasteiger partial charge in [0.1, 0.15) is 11.5 Å². The van der Waals surface area contributed by atoms with E-state index in [9.17, 15) is 0 Å². The first-order valence-electron chi connectivity index (χ1n) is 6.58. The highest BCUT2D eigenvalue weighted by Crippen LogP contribution is 2.29. The highest BCUT2D eigenvalue weighted by atomic mass is 79.9. The average Bonchev–Trinajstić information content (AvgIpc) is 2.64. The minimum Gasteiger partial charge on any atom is -0.466 e. The zero-order valence-electron chi connectivity index (χ0n) is 11.9. The SMILES string of the molecule is CCNC(c1cc(C)cc(Br)c1)c1cc(C)oc1C. The van der Waals surface area contributed by atoms with Crippen molar-refractivity contribution >= 4 is 15.9 Å². The second-order valence-electron chi connectivity index (χ2n) is 4.92. The molecule has 1 heterocycles. The lowest BCUT2D eigenvalue weighted by molar-refractivity contribution is 0.495. The van der Waals surface area contributed by atoms with Crippen LogP contribution in [0.3, 0.4) is 0 Å². The minimum atomic E-state index is 0.179. The van der Waals surface area contributed by atoms with Crippen LogP contribution < -0.4 is 5.32 Å². The number of nitrogens with one attached hydrogen (secondary N) is 1. The highest BCUT2D eigenvalue weighted by molar-refractivity contribution is 9.10. The lowest BCUT2D eigenvalue weighted by atomic mass is 9.97. The summed E-state index contributed by atoms with van der Waals surface area (Å²) < 4.78 is 6.79. The van der Waals surface area contributed by atoms with E-state index in [1.807, 2.05) is 13.8 Å². The molecule has 0 fully saturated rings. The van der Waals surface area contributed by atoms with E-state index in [1.165, 1.54) is 16.7 Å². The molecule has 2 rings (SSSR count). The molecule has 0 aliphatic carbocycles. The summed E-state index contributed by atoms with van der Waals surface area (Å²) in [4.78, 5) is 0. The first-order chi connectivity index (χ1) is 9.01. The van der Waals surface area contributed by atoms with Gasteiger partial charge in [0.05, 0.1) is 6.04 Å². The van der Waals surface area contributed by atoms with Crippen LogP contribution in [0.2, 0.25) is 0 Å². The Morgan fingerprint density at radius 1 is 1.16 bits per heavy atom. The Morgan fingerprint density at radius 3 is 2.42 bits per heavy atom. The summed E-state index contributed by atoms with van der Waals surface area (Å²) in [6.45, 7) is 9.17. The Labute approximate surface area is 123 Å². The minimum absolute atomic E-state index is 0.179. The molecule has 1 aromatic heterocycles. The maximum absolute atomic E-state index is 5.67. The van der Waals surface area contributed by atoms with Gasteiger partial charge in [0.15, 0.2) is 0 Å². The van der Waals surface area contributed by atoms with E-state index in [4.69, 9.17) is 4.42 Å². The van der Waals surface area contributed by atoms with Crippen molar-refractivity contribution in [3.63, 3.8) is 0 Å². The predicted molar refractivity (Wildman–Crippen MR) is 82.6 cm³/mol. The largest absolute Gasteiger partial charge is 0.466 e. The number of furan rings is 1. The molecule has 1 atom stereocenters. The van der Waals surface area contributed by atoms with Crippen LogP contribution in [0.1, 0.15) is 41.2 Å². The van der Waals surface area contributed by atoms with Gasteiger partial charge in [-0.2, -0.15) is 0 Å². The normalized spacial score (nSPS) is 12.7. The van der Waals surface area contributed by atoms with Crippen molar-refractivity contribution in [1.29, 1.82) is 0 Å². The van der Waals surface area contributed by atoms with Gasteiger partial charge in [-0.25, -0.2) is 0 Å². The molecule has 0 amide bonds. The van der Waals surface area contributed by atoms with Gasteiger partial charge in [-0.1, -0.05) is 28.9 Å². The first-order valence-corrected chi connectivity index (χ1v) is 7.38. The second kappa shape index (κ2) is 5.93. The maximum atomic E-state index is 5.67. The van der Waals surface area contributed by atoms with Gasteiger partial charge < -0.3 is 9.73 Å². The van der Waals surface area contributed by atoms with Crippen molar-refractivity contribution in [2.24, 2.45) is 0 Å². The van der Waals surface area contributed by atoms with Gasteiger partial charge in [-0.15, -0.1) is 0 Å². The molecule has 1 unspecified atom stereocenters. The number of benzene rings is 1. The molecule has 2 nitrogen and oxygen atoms in total. The third-order valence-corrected chi connectivity index (χ3v) is 3.65. The van der Waals surface area contributed by atoms with Crippen LogP contribution in [-0.2, 0) is 0 Å². The number of rotatable bonds is 4. The molecule has 0 saturated carbocycles. The molecule has 3 heteroatoms. The van der Waals surface area contributed by atoms with Gasteiger partial charge in [0, 0.05) is 10.0 Å². The maximum Gasteiger partial charge on any atom is 0.106 e. The van der Waals surface area contributed by atoms with Crippen molar-refractivity contribution in [2.45, 2.75) is 33.7 Å². The summed E-state index contributed by atoms with van der Waals surface area (Å²) in [5.74, 6) is 1.95. The van der Waals surface area contributed by atoms with Gasteiger partial charge in [0.25, 0.3) is 0 Å². The van der Waals surface area contributed by atoms with Crippen molar-refractivity contribution in [3.8, 4) is 0 Å². The quantitative estimate of drug-likeness (QED) is 0.885. The number of hydrogen-bond donors (Lipinski definition) is 1. The molecular formula is C16H20BrNO. The topological polar surface area (TPSA) is 25.2 Å². The van der Waals surface area contributed by atoms with E-state index < -0.39 is 0 Å². The fourth-order valence-corrected chi connectivity index (χ4v) is 3.11. The third kappa shape index (κ3) is 3.28. The summed E-state index contributed by atoms with van der Waals surface area (Å²) >= 11 is 3.58. The van der Waals surface area contributed by atoms with Gasteiger partial charge >= 0.3 is 0 Å². The lowest BCUT2D eigenvalue weighted by Crippen LogP contribution is -2.22. The summed E-state index contributed by atoms with van der Waals surface area (Å²) in [6, 6.07) is 8.82. The zero-order chi connectivity index (χ0) is 14.0. The first kappa shape index (κ1) is 14.4. The molecule has 0 bridgehead atoms. The Morgan fingerprint density at radius 2 is 1.89 bits per heavy atom. The molecule has 0 saturated heterocycles. The van der Waals surface area contributed by atoms with Gasteiger partial charge in [-0.3, -0.25) is 0 Å². The number of halogens is 1. The molecular weight excluding hydrogens is 302 g/mol. The fraction of sp³-hybridized carbons (Fsp3) is 0.375. The van der Waals surface area contributed by atoms with E-state index in [0.29, 0.717) is 0 Å². The molecule has 0 aliphatic heterocycles. The monoisotopic (exact) mass is 321 g/mol. The molecule has 0 spiro atoms. The Bertz CT molecular complexity index is 554.